The molecule has 3 radical (unpaired) electrons. The zero-order valence-electron chi connectivity index (χ0n) is 3.37. The van der Waals surface area contributed by atoms with Gasteiger partial charge in [0.1, 0.15) is 3.41 Å². The fraction of sp³-hybridized carbons (Fsp3) is 1.00. The van der Waals surface area contributed by atoms with Gasteiger partial charge < -0.3 is 0 Å². The molecule has 0 fully saturated rings. The van der Waals surface area contributed by atoms with Crippen LogP contribution in [-0.2, 0) is 0 Å². The molecule has 0 aliphatic carbocycles. The molecule has 0 aromatic rings. The Hall–Kier alpha value is 1.62. The standard InChI is InChI=1S/C2H5S4Si/c3-1(7)2(4,5)6/h1,3-6H. The minimum atomic E-state index is -0.639. The van der Waals surface area contributed by atoms with Crippen LogP contribution in [0, 0.1) is 0 Å². The summed E-state index contributed by atoms with van der Waals surface area (Å²) in [5, 5.41) is 0. The van der Waals surface area contributed by atoms with Crippen molar-refractivity contribution in [3.05, 3.63) is 0 Å². The first-order valence-corrected chi connectivity index (χ1v) is 3.94. The van der Waals surface area contributed by atoms with Gasteiger partial charge in [-0.25, -0.2) is 0 Å². The molecule has 0 amide bonds. The SMILES string of the molecule is [Si]C(S)C(S)(S)S. The highest BCUT2D eigenvalue weighted by atomic mass is 32.2. The zero-order chi connectivity index (χ0) is 6.08. The molecule has 5 heteroatoms. The van der Waals surface area contributed by atoms with E-state index in [9.17, 15) is 0 Å². The Bertz CT molecular complexity index is 55.2. The number of hydrogen-bond acceptors (Lipinski definition) is 4. The van der Waals surface area contributed by atoms with Gasteiger partial charge in [-0.2, -0.15) is 50.5 Å². The van der Waals surface area contributed by atoms with Crippen molar-refractivity contribution in [3.63, 3.8) is 0 Å². The Balaban J connectivity index is 3.54. The van der Waals surface area contributed by atoms with Crippen molar-refractivity contribution >= 4 is 60.8 Å². The third kappa shape index (κ3) is 4.14. The van der Waals surface area contributed by atoms with Crippen LogP contribution in [0.4, 0.5) is 0 Å². The fourth-order valence-electron chi connectivity index (χ4n) is 0. The average molecular weight is 185 g/mol. The summed E-state index contributed by atoms with van der Waals surface area (Å²) in [4.78, 5) is -0.109. The number of hydrogen-bond donors (Lipinski definition) is 4. The van der Waals surface area contributed by atoms with Crippen LogP contribution in [0.15, 0.2) is 0 Å². The van der Waals surface area contributed by atoms with E-state index >= 15 is 0 Å². The van der Waals surface area contributed by atoms with Crippen molar-refractivity contribution in [3.8, 4) is 0 Å². The van der Waals surface area contributed by atoms with Gasteiger partial charge in [0, 0.05) is 15.1 Å². The summed E-state index contributed by atoms with van der Waals surface area (Å²) in [6.45, 7) is 0. The second-order valence-corrected chi connectivity index (χ2v) is 5.84. The highest BCUT2D eigenvalue weighted by molar-refractivity contribution is 8.18. The van der Waals surface area contributed by atoms with Crippen molar-refractivity contribution in [2.75, 3.05) is 0 Å². The van der Waals surface area contributed by atoms with Gasteiger partial charge in [-0.15, -0.1) is 0 Å². The Morgan fingerprint density at radius 1 is 1.29 bits per heavy atom. The Morgan fingerprint density at radius 2 is 1.43 bits per heavy atom. The molecule has 0 aliphatic heterocycles. The Kier molecular flexibility index (Phi) is 3.64. The molecule has 41 valence electrons. The molecule has 0 N–H and O–H groups in total. The Morgan fingerprint density at radius 3 is 1.43 bits per heavy atom. The lowest BCUT2D eigenvalue weighted by Gasteiger charge is -2.18. The third-order valence-corrected chi connectivity index (χ3v) is 3.30. The van der Waals surface area contributed by atoms with E-state index < -0.39 is 3.41 Å². The molecule has 0 aromatic carbocycles. The zero-order valence-corrected chi connectivity index (χ0v) is 7.94. The van der Waals surface area contributed by atoms with Gasteiger partial charge in [-0.05, 0) is 0 Å². The van der Waals surface area contributed by atoms with Gasteiger partial charge in [-0.3, -0.25) is 0 Å². The van der Waals surface area contributed by atoms with Crippen LogP contribution in [0.2, 0.25) is 0 Å². The molecule has 0 rings (SSSR count). The molecule has 0 saturated heterocycles. The normalized spacial score (nSPS) is 16.7. The molecular weight excluding hydrogens is 180 g/mol. The largest absolute Gasteiger partial charge is 0.177 e. The predicted octanol–water partition coefficient (Wildman–Crippen LogP) is 0.854. The van der Waals surface area contributed by atoms with E-state index in [1.54, 1.807) is 0 Å². The van der Waals surface area contributed by atoms with E-state index in [0.717, 1.165) is 0 Å². The molecular formula is C2H5S4Si. The summed E-state index contributed by atoms with van der Waals surface area (Å²) in [6, 6.07) is 0. The summed E-state index contributed by atoms with van der Waals surface area (Å²) in [7, 11) is 3.18. The quantitative estimate of drug-likeness (QED) is 0.260. The van der Waals surface area contributed by atoms with Gasteiger partial charge in [-0.1, -0.05) is 0 Å². The maximum Gasteiger partial charge on any atom is 0.106 e. The summed E-state index contributed by atoms with van der Waals surface area (Å²) in [5.74, 6) is 0. The summed E-state index contributed by atoms with van der Waals surface area (Å²) >= 11 is 15.8. The van der Waals surface area contributed by atoms with Crippen molar-refractivity contribution in [2.45, 2.75) is 8.28 Å². The van der Waals surface area contributed by atoms with Gasteiger partial charge in [0.2, 0.25) is 0 Å². The molecule has 0 spiro atoms. The van der Waals surface area contributed by atoms with Crippen molar-refractivity contribution in [1.29, 1.82) is 0 Å². The lowest BCUT2D eigenvalue weighted by molar-refractivity contribution is 1.30. The van der Waals surface area contributed by atoms with Crippen molar-refractivity contribution in [1.82, 2.24) is 0 Å². The van der Waals surface area contributed by atoms with Crippen LogP contribution >= 0.6 is 50.5 Å². The first kappa shape index (κ1) is 8.62. The Labute approximate surface area is 68.9 Å². The second-order valence-electron chi connectivity index (χ2n) is 1.09. The molecule has 1 unspecified atom stereocenters. The van der Waals surface area contributed by atoms with Crippen molar-refractivity contribution < 1.29 is 0 Å². The van der Waals surface area contributed by atoms with E-state index in [2.05, 4.69) is 60.8 Å². The maximum absolute atomic E-state index is 3.96. The lowest BCUT2D eigenvalue weighted by atomic mass is 10.9. The van der Waals surface area contributed by atoms with E-state index in [1.165, 1.54) is 0 Å². The van der Waals surface area contributed by atoms with Crippen LogP contribution in [0.5, 0.6) is 0 Å². The first-order chi connectivity index (χ1) is 2.94. The van der Waals surface area contributed by atoms with E-state index in [4.69, 9.17) is 0 Å². The molecule has 0 aromatic heterocycles. The monoisotopic (exact) mass is 185 g/mol. The van der Waals surface area contributed by atoms with Crippen molar-refractivity contribution in [2.24, 2.45) is 0 Å². The third-order valence-electron chi connectivity index (χ3n) is 0.367. The molecule has 0 saturated carbocycles. The summed E-state index contributed by atoms with van der Waals surface area (Å²) in [6.07, 6.45) is 0. The van der Waals surface area contributed by atoms with Crippen LogP contribution in [0.1, 0.15) is 0 Å². The minimum absolute atomic E-state index is 0.109. The first-order valence-electron chi connectivity index (χ1n) is 1.51. The second kappa shape index (κ2) is 2.96. The summed E-state index contributed by atoms with van der Waals surface area (Å²) < 4.78 is -0.639. The highest BCUT2D eigenvalue weighted by Gasteiger charge is 2.18. The van der Waals surface area contributed by atoms with E-state index in [1.807, 2.05) is 0 Å². The topological polar surface area (TPSA) is 0 Å². The average Bonchev–Trinajstić information content (AvgIpc) is 1.31. The van der Waals surface area contributed by atoms with Crippen LogP contribution in [0.3, 0.4) is 0 Å². The van der Waals surface area contributed by atoms with Gasteiger partial charge >= 0.3 is 0 Å². The van der Waals surface area contributed by atoms with E-state index in [-0.39, 0.29) is 4.87 Å². The molecule has 0 aliphatic rings. The summed E-state index contributed by atoms with van der Waals surface area (Å²) in [5.41, 5.74) is 0. The predicted molar refractivity (Wildman–Crippen MR) is 48.2 cm³/mol. The smallest absolute Gasteiger partial charge is 0.106 e. The fourth-order valence-corrected chi connectivity index (χ4v) is 0. The van der Waals surface area contributed by atoms with Gasteiger partial charge in [0.25, 0.3) is 0 Å². The molecule has 1 atom stereocenters. The molecule has 0 nitrogen and oxygen atoms in total. The number of thiol groups is 4. The van der Waals surface area contributed by atoms with Crippen LogP contribution in [-0.4, -0.2) is 18.5 Å². The maximum atomic E-state index is 3.96. The van der Waals surface area contributed by atoms with E-state index in [0.29, 0.717) is 0 Å². The lowest BCUT2D eigenvalue weighted by Crippen LogP contribution is -2.19. The minimum Gasteiger partial charge on any atom is -0.177 e. The van der Waals surface area contributed by atoms with Crippen LogP contribution < -0.4 is 0 Å². The molecule has 0 heterocycles. The van der Waals surface area contributed by atoms with Gasteiger partial charge in [0.15, 0.2) is 0 Å². The highest BCUT2D eigenvalue weighted by Crippen LogP contribution is 2.29. The number of rotatable bonds is 1. The van der Waals surface area contributed by atoms with Crippen LogP contribution in [0.25, 0.3) is 0 Å². The molecule has 7 heavy (non-hydrogen) atoms. The molecule has 0 bridgehead atoms. The van der Waals surface area contributed by atoms with Gasteiger partial charge in [0.05, 0.1) is 0 Å².